The highest BCUT2D eigenvalue weighted by Crippen LogP contribution is 2.31. The molecule has 0 aliphatic carbocycles. The van der Waals surface area contributed by atoms with Gasteiger partial charge in [-0.15, -0.1) is 11.3 Å². The van der Waals surface area contributed by atoms with Gasteiger partial charge in [0.15, 0.2) is 0 Å². The number of hydrogen-bond acceptors (Lipinski definition) is 3. The Morgan fingerprint density at radius 2 is 1.95 bits per heavy atom. The normalized spacial score (nSPS) is 10.9. The first-order chi connectivity index (χ1) is 8.97. The summed E-state index contributed by atoms with van der Waals surface area (Å²) >= 11 is 1.46. The number of aliphatic carboxylic acids is 1. The van der Waals surface area contributed by atoms with Crippen molar-refractivity contribution < 1.29 is 9.90 Å². The summed E-state index contributed by atoms with van der Waals surface area (Å²) in [6.45, 7) is 6.25. The topological polar surface area (TPSA) is 50.2 Å². The molecule has 100 valence electrons. The minimum atomic E-state index is -0.838. The van der Waals surface area contributed by atoms with Crippen molar-refractivity contribution in [3.8, 4) is 10.4 Å². The van der Waals surface area contributed by atoms with E-state index in [1.54, 1.807) is 0 Å². The molecule has 1 heterocycles. The second-order valence-electron chi connectivity index (χ2n) is 4.87. The minimum absolute atomic E-state index is 0.00438. The molecule has 0 saturated carbocycles. The molecule has 0 bridgehead atoms. The molecule has 2 rings (SSSR count). The number of hydrogen-bond donors (Lipinski definition) is 1. The number of carboxylic acid groups (broad SMARTS) is 1. The molecule has 0 amide bonds. The van der Waals surface area contributed by atoms with E-state index < -0.39 is 5.97 Å². The molecule has 0 spiro atoms. The van der Waals surface area contributed by atoms with E-state index in [0.717, 1.165) is 16.1 Å². The van der Waals surface area contributed by atoms with Gasteiger partial charge in [-0.3, -0.25) is 4.79 Å². The summed E-state index contributed by atoms with van der Waals surface area (Å²) in [5, 5.41) is 9.46. The largest absolute Gasteiger partial charge is 0.481 e. The summed E-state index contributed by atoms with van der Waals surface area (Å²) in [6, 6.07) is 8.41. The third-order valence-corrected chi connectivity index (χ3v) is 4.19. The Morgan fingerprint density at radius 3 is 2.47 bits per heavy atom. The zero-order valence-corrected chi connectivity index (χ0v) is 12.1. The van der Waals surface area contributed by atoms with Crippen LogP contribution in [0.25, 0.3) is 10.4 Å². The lowest BCUT2D eigenvalue weighted by Gasteiger charge is -2.06. The molecule has 0 atom stereocenters. The van der Waals surface area contributed by atoms with Crippen molar-refractivity contribution in [3.63, 3.8) is 0 Å². The quantitative estimate of drug-likeness (QED) is 0.921. The van der Waals surface area contributed by atoms with E-state index in [4.69, 9.17) is 5.11 Å². The molecule has 0 fully saturated rings. The number of benzene rings is 1. The monoisotopic (exact) mass is 275 g/mol. The number of carbonyl (C=O) groups is 1. The molecular formula is C15H17NO2S. The van der Waals surface area contributed by atoms with Gasteiger partial charge in [-0.05, 0) is 24.0 Å². The van der Waals surface area contributed by atoms with Crippen LogP contribution in [0.4, 0.5) is 0 Å². The van der Waals surface area contributed by atoms with Crippen LogP contribution in [0, 0.1) is 6.92 Å². The zero-order valence-electron chi connectivity index (χ0n) is 11.3. The zero-order chi connectivity index (χ0) is 14.0. The lowest BCUT2D eigenvalue weighted by Crippen LogP contribution is -1.98. The van der Waals surface area contributed by atoms with Crippen molar-refractivity contribution in [1.82, 2.24) is 4.98 Å². The fraction of sp³-hybridized carbons (Fsp3) is 0.333. The highest BCUT2D eigenvalue weighted by molar-refractivity contribution is 7.15. The van der Waals surface area contributed by atoms with Gasteiger partial charge in [-0.2, -0.15) is 0 Å². The molecule has 1 aromatic carbocycles. The van der Waals surface area contributed by atoms with Gasteiger partial charge in [-0.1, -0.05) is 38.1 Å². The third kappa shape index (κ3) is 3.20. The Balaban J connectivity index is 2.30. The summed E-state index contributed by atoms with van der Waals surface area (Å²) in [7, 11) is 0. The highest BCUT2D eigenvalue weighted by atomic mass is 32.1. The first-order valence-corrected chi connectivity index (χ1v) is 7.07. The van der Waals surface area contributed by atoms with E-state index in [0.29, 0.717) is 10.9 Å². The SMILES string of the molecule is Cc1nc(CC(=O)O)sc1-c1ccc(C(C)C)cc1. The Labute approximate surface area is 116 Å². The van der Waals surface area contributed by atoms with E-state index in [9.17, 15) is 4.79 Å². The number of nitrogens with zero attached hydrogens (tertiary/aromatic N) is 1. The van der Waals surface area contributed by atoms with Crippen LogP contribution in [0.3, 0.4) is 0 Å². The van der Waals surface area contributed by atoms with Gasteiger partial charge in [0.25, 0.3) is 0 Å². The molecule has 4 heteroatoms. The van der Waals surface area contributed by atoms with Crippen molar-refractivity contribution >= 4 is 17.3 Å². The van der Waals surface area contributed by atoms with Gasteiger partial charge in [-0.25, -0.2) is 4.98 Å². The maximum Gasteiger partial charge on any atom is 0.310 e. The predicted octanol–water partition coefficient (Wildman–Crippen LogP) is 3.87. The second kappa shape index (κ2) is 5.53. The molecule has 19 heavy (non-hydrogen) atoms. The number of aromatic nitrogens is 1. The fourth-order valence-electron chi connectivity index (χ4n) is 1.94. The highest BCUT2D eigenvalue weighted by Gasteiger charge is 2.12. The molecular weight excluding hydrogens is 258 g/mol. The molecule has 2 aromatic rings. The maximum atomic E-state index is 10.7. The average Bonchev–Trinajstić information content (AvgIpc) is 2.69. The van der Waals surface area contributed by atoms with Gasteiger partial charge < -0.3 is 5.11 Å². The molecule has 0 unspecified atom stereocenters. The number of thiazole rings is 1. The molecule has 0 saturated heterocycles. The van der Waals surface area contributed by atoms with Crippen molar-refractivity contribution in [1.29, 1.82) is 0 Å². The molecule has 0 aliphatic heterocycles. The Kier molecular flexibility index (Phi) is 4.00. The number of rotatable bonds is 4. The lowest BCUT2D eigenvalue weighted by atomic mass is 10.0. The summed E-state index contributed by atoms with van der Waals surface area (Å²) in [5.74, 6) is -0.324. The van der Waals surface area contributed by atoms with Gasteiger partial charge in [0, 0.05) is 0 Å². The smallest absolute Gasteiger partial charge is 0.310 e. The summed E-state index contributed by atoms with van der Waals surface area (Å²) in [4.78, 5) is 16.1. The molecule has 1 aromatic heterocycles. The molecule has 0 radical (unpaired) electrons. The Morgan fingerprint density at radius 1 is 1.32 bits per heavy atom. The standard InChI is InChI=1S/C15H17NO2S/c1-9(2)11-4-6-12(7-5-11)15-10(3)16-13(19-15)8-14(17)18/h4-7,9H,8H2,1-3H3,(H,17,18). The molecule has 3 nitrogen and oxygen atoms in total. The van der Waals surface area contributed by atoms with E-state index >= 15 is 0 Å². The van der Waals surface area contributed by atoms with Gasteiger partial charge in [0.1, 0.15) is 5.01 Å². The van der Waals surface area contributed by atoms with Crippen LogP contribution in [-0.4, -0.2) is 16.1 Å². The molecule has 1 N–H and O–H groups in total. The van der Waals surface area contributed by atoms with E-state index in [1.165, 1.54) is 16.9 Å². The van der Waals surface area contributed by atoms with Crippen LogP contribution in [0.5, 0.6) is 0 Å². The van der Waals surface area contributed by atoms with E-state index in [1.807, 2.05) is 6.92 Å². The van der Waals surface area contributed by atoms with Crippen molar-refractivity contribution in [2.24, 2.45) is 0 Å². The Hall–Kier alpha value is -1.68. The van der Waals surface area contributed by atoms with Crippen LogP contribution >= 0.6 is 11.3 Å². The van der Waals surface area contributed by atoms with Crippen LogP contribution in [0.15, 0.2) is 24.3 Å². The number of carboxylic acids is 1. The summed E-state index contributed by atoms with van der Waals surface area (Å²) < 4.78 is 0. The first kappa shape index (κ1) is 13.7. The maximum absolute atomic E-state index is 10.7. The van der Waals surface area contributed by atoms with Crippen LogP contribution < -0.4 is 0 Å². The van der Waals surface area contributed by atoms with Crippen molar-refractivity contribution in [2.45, 2.75) is 33.1 Å². The second-order valence-corrected chi connectivity index (χ2v) is 5.95. The lowest BCUT2D eigenvalue weighted by molar-refractivity contribution is -0.136. The average molecular weight is 275 g/mol. The third-order valence-electron chi connectivity index (χ3n) is 2.98. The molecule has 0 aliphatic rings. The summed E-state index contributed by atoms with van der Waals surface area (Å²) in [6.07, 6.45) is -0.00438. The predicted molar refractivity (Wildman–Crippen MR) is 77.7 cm³/mol. The summed E-state index contributed by atoms with van der Waals surface area (Å²) in [5.41, 5.74) is 3.31. The van der Waals surface area contributed by atoms with Crippen LogP contribution in [0.1, 0.15) is 36.0 Å². The van der Waals surface area contributed by atoms with Crippen LogP contribution in [0.2, 0.25) is 0 Å². The Bertz CT molecular complexity index is 585. The van der Waals surface area contributed by atoms with E-state index in [-0.39, 0.29) is 6.42 Å². The van der Waals surface area contributed by atoms with Gasteiger partial charge in [0.2, 0.25) is 0 Å². The van der Waals surface area contributed by atoms with E-state index in [2.05, 4.69) is 43.1 Å². The minimum Gasteiger partial charge on any atom is -0.481 e. The fourth-order valence-corrected chi connectivity index (χ4v) is 3.01. The van der Waals surface area contributed by atoms with Crippen molar-refractivity contribution in [2.75, 3.05) is 0 Å². The number of aryl methyl sites for hydroxylation is 1. The van der Waals surface area contributed by atoms with Gasteiger partial charge >= 0.3 is 5.97 Å². The van der Waals surface area contributed by atoms with Crippen LogP contribution in [-0.2, 0) is 11.2 Å². The first-order valence-electron chi connectivity index (χ1n) is 6.26. The van der Waals surface area contributed by atoms with Gasteiger partial charge in [0.05, 0.1) is 17.0 Å². The van der Waals surface area contributed by atoms with Crippen molar-refractivity contribution in [3.05, 3.63) is 40.5 Å².